The number of aromatic nitrogens is 1. The molecule has 2 aliphatic heterocycles. The molecule has 46 heavy (non-hydrogen) atoms. The highest BCUT2D eigenvalue weighted by Crippen LogP contribution is 2.68. The van der Waals surface area contributed by atoms with E-state index in [0.29, 0.717) is 22.9 Å². The Morgan fingerprint density at radius 3 is 2.43 bits per heavy atom. The second-order valence-corrected chi connectivity index (χ2v) is 14.6. The highest BCUT2D eigenvalue weighted by atomic mass is 32.2. The zero-order valence-corrected chi connectivity index (χ0v) is 26.7. The number of hydrogen-bond donors (Lipinski definition) is 2. The molecular weight excluding hydrogens is 623 g/mol. The molecule has 4 unspecified atom stereocenters. The topological polar surface area (TPSA) is 118 Å². The second kappa shape index (κ2) is 11.2. The van der Waals surface area contributed by atoms with Crippen LogP contribution in [0.25, 0.3) is 0 Å². The number of carbonyl (C=O) groups excluding carboxylic acids is 3. The maximum Gasteiger partial charge on any atom is 0.305 e. The lowest BCUT2D eigenvalue weighted by atomic mass is 9.68. The van der Waals surface area contributed by atoms with Crippen molar-refractivity contribution >= 4 is 52.2 Å². The number of thioether (sulfide) groups is 1. The molecule has 1 aromatic heterocycles. The lowest BCUT2D eigenvalue weighted by Gasteiger charge is -2.43. The Labute approximate surface area is 273 Å². The number of ether oxygens (including phenoxy) is 2. The van der Waals surface area contributed by atoms with E-state index in [9.17, 15) is 19.2 Å². The number of aromatic amines is 1. The molecule has 8 rings (SSSR count). The van der Waals surface area contributed by atoms with Crippen molar-refractivity contribution in [2.24, 2.45) is 29.6 Å². The summed E-state index contributed by atoms with van der Waals surface area (Å²) in [7, 11) is 1.58. The SMILES string of the molecule is COc1ccc(N2C(=O)C3C(C2=O)[C@@H]2C[C@H]3C3Sc4[nH]c(=O)sc4[C@H](c4cccc(OCC(=O)Nc5ccc(C)cc5)c4)C32)cc1. The third-order valence-corrected chi connectivity index (χ3v) is 12.6. The van der Waals surface area contributed by atoms with Crippen molar-refractivity contribution in [3.63, 3.8) is 0 Å². The molecule has 234 valence electrons. The number of benzene rings is 3. The standard InChI is InChI=1S/C35H31N3O6S2/c1-17-6-8-19(9-7-17)36-25(39)16-44-22-5-3-4-18(14-22)26-27-23-15-24(30(27)45-32-31(26)46-35(42)37-32)29-28(23)33(40)38(34(29)41)20-10-12-21(43-2)13-11-20/h3-14,23-24,26-30H,15-16H2,1-2H3,(H,36,39)(H,37,42)/t23-,24-,26-,27?,28?,29?,30?/m1/s1. The molecule has 7 atom stereocenters. The molecule has 3 aromatic carbocycles. The van der Waals surface area contributed by atoms with Crippen LogP contribution in [-0.2, 0) is 14.4 Å². The first kappa shape index (κ1) is 29.1. The van der Waals surface area contributed by atoms with Gasteiger partial charge in [-0.3, -0.25) is 24.1 Å². The number of aryl methyl sites for hydroxylation is 1. The Kier molecular flexibility index (Phi) is 7.06. The van der Waals surface area contributed by atoms with Gasteiger partial charge >= 0.3 is 4.87 Å². The van der Waals surface area contributed by atoms with Crippen molar-refractivity contribution in [1.29, 1.82) is 0 Å². The summed E-state index contributed by atoms with van der Waals surface area (Å²) in [4.78, 5) is 58.4. The van der Waals surface area contributed by atoms with Crippen LogP contribution < -0.4 is 24.6 Å². The van der Waals surface area contributed by atoms with Crippen molar-refractivity contribution in [3.8, 4) is 11.5 Å². The first-order chi connectivity index (χ1) is 22.3. The lowest BCUT2D eigenvalue weighted by Crippen LogP contribution is -2.42. The van der Waals surface area contributed by atoms with Crippen LogP contribution in [0.5, 0.6) is 11.5 Å². The minimum Gasteiger partial charge on any atom is -0.497 e. The fourth-order valence-corrected chi connectivity index (χ4v) is 11.0. The van der Waals surface area contributed by atoms with Crippen molar-refractivity contribution in [3.05, 3.63) is 98.5 Å². The normalized spacial score (nSPS) is 27.3. The highest BCUT2D eigenvalue weighted by molar-refractivity contribution is 8.00. The Morgan fingerprint density at radius 1 is 0.957 bits per heavy atom. The largest absolute Gasteiger partial charge is 0.497 e. The van der Waals surface area contributed by atoms with Gasteiger partial charge in [0.25, 0.3) is 5.91 Å². The Balaban J connectivity index is 1.08. The number of imide groups is 1. The fraction of sp³-hybridized carbons (Fsp3) is 0.314. The summed E-state index contributed by atoms with van der Waals surface area (Å²) in [5.41, 5.74) is 3.34. The van der Waals surface area contributed by atoms with Gasteiger partial charge in [0.05, 0.1) is 29.7 Å². The van der Waals surface area contributed by atoms with Crippen LogP contribution in [0.2, 0.25) is 0 Å². The summed E-state index contributed by atoms with van der Waals surface area (Å²) in [6.07, 6.45) is 0.802. The summed E-state index contributed by atoms with van der Waals surface area (Å²) in [6.45, 7) is 1.83. The smallest absolute Gasteiger partial charge is 0.305 e. The number of nitrogens with one attached hydrogen (secondary N) is 2. The van der Waals surface area contributed by atoms with Crippen LogP contribution in [0.4, 0.5) is 11.4 Å². The number of fused-ring (bicyclic) bond motifs is 9. The van der Waals surface area contributed by atoms with Gasteiger partial charge in [-0.15, -0.1) is 11.8 Å². The molecule has 1 saturated heterocycles. The van der Waals surface area contributed by atoms with Gasteiger partial charge in [-0.25, -0.2) is 0 Å². The Bertz CT molecular complexity index is 1920. The maximum absolute atomic E-state index is 14.0. The molecule has 2 aliphatic carbocycles. The summed E-state index contributed by atoms with van der Waals surface area (Å²) in [5, 5.41) is 3.78. The quantitative estimate of drug-likeness (QED) is 0.255. The van der Waals surface area contributed by atoms with Crippen molar-refractivity contribution < 1.29 is 23.9 Å². The Morgan fingerprint density at radius 2 is 1.70 bits per heavy atom. The number of thiazole rings is 1. The number of carbonyl (C=O) groups is 3. The predicted octanol–water partition coefficient (Wildman–Crippen LogP) is 5.45. The van der Waals surface area contributed by atoms with Crippen molar-refractivity contribution in [1.82, 2.24) is 4.98 Å². The zero-order valence-electron chi connectivity index (χ0n) is 25.1. The molecule has 3 fully saturated rings. The lowest BCUT2D eigenvalue weighted by molar-refractivity contribution is -0.123. The molecule has 0 spiro atoms. The van der Waals surface area contributed by atoms with Crippen LogP contribution in [0, 0.1) is 36.5 Å². The number of rotatable bonds is 7. The Hall–Kier alpha value is -4.35. The molecule has 2 saturated carbocycles. The number of methoxy groups -OCH3 is 1. The molecule has 3 heterocycles. The number of nitrogens with zero attached hydrogens (tertiary/aromatic N) is 1. The van der Waals surface area contributed by atoms with Gasteiger partial charge in [0.1, 0.15) is 11.5 Å². The van der Waals surface area contributed by atoms with E-state index in [2.05, 4.69) is 10.3 Å². The minimum absolute atomic E-state index is 0.00703. The summed E-state index contributed by atoms with van der Waals surface area (Å²) in [5.74, 6) is -0.172. The molecule has 9 nitrogen and oxygen atoms in total. The van der Waals surface area contributed by atoms with Gasteiger partial charge < -0.3 is 19.8 Å². The van der Waals surface area contributed by atoms with Crippen molar-refractivity contribution in [2.45, 2.75) is 29.5 Å². The molecule has 4 aromatic rings. The van der Waals surface area contributed by atoms with Gasteiger partial charge in [-0.1, -0.05) is 41.2 Å². The number of hydrogen-bond acceptors (Lipinski definition) is 8. The van der Waals surface area contributed by atoms with Crippen LogP contribution in [0.3, 0.4) is 0 Å². The fourth-order valence-electron chi connectivity index (χ4n) is 8.16. The van der Waals surface area contributed by atoms with E-state index in [0.717, 1.165) is 27.5 Å². The van der Waals surface area contributed by atoms with E-state index in [1.807, 2.05) is 55.5 Å². The monoisotopic (exact) mass is 653 g/mol. The van der Waals surface area contributed by atoms with Gasteiger partial charge in [0.15, 0.2) is 6.61 Å². The van der Waals surface area contributed by atoms with Gasteiger partial charge in [-0.05, 0) is 85.2 Å². The minimum atomic E-state index is -0.397. The third kappa shape index (κ3) is 4.67. The first-order valence-corrected chi connectivity index (χ1v) is 17.0. The average Bonchev–Trinajstić information content (AvgIpc) is 3.80. The van der Waals surface area contributed by atoms with E-state index in [-0.39, 0.29) is 64.0 Å². The van der Waals surface area contributed by atoms with E-state index in [1.54, 1.807) is 43.1 Å². The number of anilines is 2. The van der Waals surface area contributed by atoms with E-state index in [1.165, 1.54) is 16.2 Å². The molecule has 11 heteroatoms. The maximum atomic E-state index is 14.0. The predicted molar refractivity (Wildman–Crippen MR) is 176 cm³/mol. The molecule has 2 N–H and O–H groups in total. The van der Waals surface area contributed by atoms with Crippen LogP contribution in [-0.4, -0.2) is 41.7 Å². The molecule has 2 bridgehead atoms. The van der Waals surface area contributed by atoms with Gasteiger partial charge in [-0.2, -0.15) is 0 Å². The van der Waals surface area contributed by atoms with Crippen LogP contribution >= 0.6 is 23.1 Å². The summed E-state index contributed by atoms with van der Waals surface area (Å²) < 4.78 is 11.2. The second-order valence-electron chi connectivity index (χ2n) is 12.4. The molecule has 0 radical (unpaired) electrons. The summed E-state index contributed by atoms with van der Waals surface area (Å²) in [6, 6.07) is 22.3. The molecule has 4 aliphatic rings. The van der Waals surface area contributed by atoms with E-state index in [4.69, 9.17) is 9.47 Å². The van der Waals surface area contributed by atoms with Crippen LogP contribution in [0.15, 0.2) is 82.6 Å². The number of H-pyrrole nitrogens is 1. The summed E-state index contributed by atoms with van der Waals surface area (Å²) >= 11 is 2.87. The van der Waals surface area contributed by atoms with Crippen LogP contribution in [0.1, 0.15) is 28.3 Å². The first-order valence-electron chi connectivity index (χ1n) is 15.3. The van der Waals surface area contributed by atoms with E-state index >= 15 is 0 Å². The third-order valence-electron chi connectivity index (χ3n) is 9.98. The molecule has 3 amide bonds. The van der Waals surface area contributed by atoms with Gasteiger partial charge in [0, 0.05) is 21.7 Å². The van der Waals surface area contributed by atoms with Gasteiger partial charge in [0.2, 0.25) is 11.8 Å². The highest BCUT2D eigenvalue weighted by Gasteiger charge is 2.69. The van der Waals surface area contributed by atoms with E-state index < -0.39 is 5.92 Å². The number of amides is 3. The average molecular weight is 654 g/mol. The molecular formula is C35H31N3O6S2. The zero-order chi connectivity index (χ0) is 31.7. The van der Waals surface area contributed by atoms with Crippen molar-refractivity contribution in [2.75, 3.05) is 23.9 Å².